The minimum absolute atomic E-state index is 0.817. The van der Waals surface area contributed by atoms with Crippen LogP contribution in [0.15, 0.2) is 66.7 Å². The average Bonchev–Trinajstić information content (AvgIpc) is 2.65. The van der Waals surface area contributed by atoms with E-state index in [2.05, 4.69) is 117 Å². The van der Waals surface area contributed by atoms with E-state index in [0.29, 0.717) is 0 Å². The minimum Gasteiger partial charge on any atom is -0.310 e. The molecule has 0 radical (unpaired) electrons. The summed E-state index contributed by atoms with van der Waals surface area (Å²) < 4.78 is 0. The number of anilines is 3. The molecule has 0 bridgehead atoms. The molecule has 3 aromatic carbocycles. The van der Waals surface area contributed by atoms with Crippen molar-refractivity contribution < 1.29 is 0 Å². The second-order valence-electron chi connectivity index (χ2n) is 6.24. The Morgan fingerprint density at radius 1 is 0.680 bits per heavy atom. The second-order valence-corrected chi connectivity index (χ2v) is 7.36. The zero-order chi connectivity index (χ0) is 17.8. The van der Waals surface area contributed by atoms with E-state index < -0.39 is 0 Å². The summed E-state index contributed by atoms with van der Waals surface area (Å²) in [5, 5.41) is 1.68. The second kappa shape index (κ2) is 8.20. The lowest BCUT2D eigenvalue weighted by Gasteiger charge is -2.28. The van der Waals surface area contributed by atoms with E-state index in [1.165, 1.54) is 39.3 Å². The number of halogens is 2. The molecule has 0 amide bonds. The number of alkyl halides is 2. The molecule has 128 valence electrons. The number of aryl methyl sites for hydroxylation is 2. The van der Waals surface area contributed by atoms with E-state index in [-0.39, 0.29) is 0 Å². The highest BCUT2D eigenvalue weighted by Crippen LogP contribution is 2.38. The van der Waals surface area contributed by atoms with E-state index in [1.807, 2.05) is 0 Å². The minimum atomic E-state index is 0.817. The van der Waals surface area contributed by atoms with E-state index in [0.717, 1.165) is 10.7 Å². The third kappa shape index (κ3) is 4.16. The van der Waals surface area contributed by atoms with Gasteiger partial charge in [0, 0.05) is 22.0 Å². The van der Waals surface area contributed by atoms with E-state index in [4.69, 9.17) is 0 Å². The molecule has 0 saturated carbocycles. The van der Waals surface area contributed by atoms with Crippen LogP contribution in [0.1, 0.15) is 22.3 Å². The maximum Gasteiger partial charge on any atom is 0.0502 e. The van der Waals surface area contributed by atoms with Crippen molar-refractivity contribution in [2.24, 2.45) is 0 Å². The molecular weight excluding hydrogens is 438 g/mol. The zero-order valence-corrected chi connectivity index (χ0v) is 17.6. The molecule has 0 spiro atoms. The molecule has 0 unspecified atom stereocenters. The van der Waals surface area contributed by atoms with Gasteiger partial charge in [-0.3, -0.25) is 0 Å². The van der Waals surface area contributed by atoms with Crippen LogP contribution < -0.4 is 4.90 Å². The van der Waals surface area contributed by atoms with Gasteiger partial charge in [0.05, 0.1) is 5.69 Å². The first-order valence-corrected chi connectivity index (χ1v) is 10.5. The normalized spacial score (nSPS) is 10.7. The maximum atomic E-state index is 3.67. The van der Waals surface area contributed by atoms with E-state index in [9.17, 15) is 0 Å². The molecule has 3 aromatic rings. The molecule has 3 heteroatoms. The molecule has 0 aromatic heterocycles. The summed E-state index contributed by atoms with van der Waals surface area (Å²) in [6.45, 7) is 4.24. The van der Waals surface area contributed by atoms with Gasteiger partial charge in [-0.05, 0) is 55.3 Å². The number of nitrogens with zero attached hydrogens (tertiary/aromatic N) is 1. The van der Waals surface area contributed by atoms with Crippen LogP contribution in [0.25, 0.3) is 0 Å². The zero-order valence-electron chi connectivity index (χ0n) is 14.5. The van der Waals surface area contributed by atoms with Gasteiger partial charge in [0.15, 0.2) is 0 Å². The summed E-state index contributed by atoms with van der Waals surface area (Å²) in [5.41, 5.74) is 8.63. The third-order valence-electron chi connectivity index (χ3n) is 4.27. The van der Waals surface area contributed by atoms with E-state index in [1.54, 1.807) is 0 Å². The van der Waals surface area contributed by atoms with Gasteiger partial charge in [-0.25, -0.2) is 0 Å². The largest absolute Gasteiger partial charge is 0.310 e. The predicted octanol–water partition coefficient (Wildman–Crippen LogP) is 7.56. The lowest BCUT2D eigenvalue weighted by Crippen LogP contribution is -2.12. The summed E-state index contributed by atoms with van der Waals surface area (Å²) in [4.78, 5) is 2.33. The van der Waals surface area contributed by atoms with Crippen molar-refractivity contribution in [1.29, 1.82) is 0 Å². The smallest absolute Gasteiger partial charge is 0.0502 e. The summed E-state index contributed by atoms with van der Waals surface area (Å²) in [6, 6.07) is 24.1. The Hall–Kier alpha value is -1.58. The van der Waals surface area contributed by atoms with Crippen LogP contribution in [0.5, 0.6) is 0 Å². The standard InChI is InChI=1S/C22H21Br2N/c1-16-3-8-20(9-4-16)25(21-10-5-17(2)6-11-21)22-12-7-18(14-23)13-19(22)15-24/h3-13H,14-15H2,1-2H3. The fraction of sp³-hybridized carbons (Fsp3) is 0.182. The van der Waals surface area contributed by atoms with Crippen LogP contribution in [0.4, 0.5) is 17.1 Å². The Kier molecular flexibility index (Phi) is 5.98. The summed E-state index contributed by atoms with van der Waals surface area (Å²) in [5.74, 6) is 0. The lowest BCUT2D eigenvalue weighted by atomic mass is 10.1. The Balaban J connectivity index is 2.17. The van der Waals surface area contributed by atoms with Crippen molar-refractivity contribution in [2.45, 2.75) is 24.5 Å². The highest BCUT2D eigenvalue weighted by molar-refractivity contribution is 9.08. The maximum absolute atomic E-state index is 3.67. The van der Waals surface area contributed by atoms with Gasteiger partial charge >= 0.3 is 0 Å². The monoisotopic (exact) mass is 457 g/mol. The topological polar surface area (TPSA) is 3.24 Å². The number of hydrogen-bond acceptors (Lipinski definition) is 1. The molecule has 0 saturated heterocycles. The number of rotatable bonds is 5. The fourth-order valence-electron chi connectivity index (χ4n) is 2.86. The van der Waals surface area contributed by atoms with E-state index >= 15 is 0 Å². The number of benzene rings is 3. The summed E-state index contributed by atoms with van der Waals surface area (Å²) in [7, 11) is 0. The molecule has 0 aliphatic heterocycles. The van der Waals surface area contributed by atoms with Gasteiger partial charge in [-0.1, -0.05) is 79.4 Å². The van der Waals surface area contributed by atoms with Crippen molar-refractivity contribution in [3.05, 3.63) is 89.0 Å². The molecule has 0 atom stereocenters. The predicted molar refractivity (Wildman–Crippen MR) is 116 cm³/mol. The van der Waals surface area contributed by atoms with Crippen molar-refractivity contribution in [1.82, 2.24) is 0 Å². The van der Waals surface area contributed by atoms with Gasteiger partial charge in [-0.2, -0.15) is 0 Å². The van der Waals surface area contributed by atoms with Crippen LogP contribution in [-0.2, 0) is 10.7 Å². The van der Waals surface area contributed by atoms with Gasteiger partial charge in [0.1, 0.15) is 0 Å². The van der Waals surface area contributed by atoms with Crippen molar-refractivity contribution >= 4 is 48.9 Å². The molecule has 3 rings (SSSR count). The van der Waals surface area contributed by atoms with Gasteiger partial charge in [0.25, 0.3) is 0 Å². The SMILES string of the molecule is Cc1ccc(N(c2ccc(C)cc2)c2ccc(CBr)cc2CBr)cc1. The Labute approximate surface area is 167 Å². The molecule has 0 fully saturated rings. The first-order valence-electron chi connectivity index (χ1n) is 8.29. The number of hydrogen-bond donors (Lipinski definition) is 0. The third-order valence-corrected chi connectivity index (χ3v) is 5.52. The Morgan fingerprint density at radius 2 is 1.20 bits per heavy atom. The van der Waals surface area contributed by atoms with Crippen LogP contribution in [0.3, 0.4) is 0 Å². The summed E-state index contributed by atoms with van der Waals surface area (Å²) in [6.07, 6.45) is 0. The van der Waals surface area contributed by atoms with Crippen molar-refractivity contribution in [3.63, 3.8) is 0 Å². The molecule has 0 N–H and O–H groups in total. The lowest BCUT2D eigenvalue weighted by molar-refractivity contribution is 1.22. The van der Waals surface area contributed by atoms with Gasteiger partial charge in [-0.15, -0.1) is 0 Å². The highest BCUT2D eigenvalue weighted by atomic mass is 79.9. The van der Waals surface area contributed by atoms with Crippen LogP contribution in [0.2, 0.25) is 0 Å². The quantitative estimate of drug-likeness (QED) is 0.356. The Bertz CT molecular complexity index is 793. The molecule has 0 aliphatic carbocycles. The fourth-order valence-corrected chi connectivity index (χ4v) is 3.66. The van der Waals surface area contributed by atoms with Gasteiger partial charge in [0.2, 0.25) is 0 Å². The molecule has 0 heterocycles. The highest BCUT2D eigenvalue weighted by Gasteiger charge is 2.16. The molecule has 1 nitrogen and oxygen atoms in total. The Morgan fingerprint density at radius 3 is 1.64 bits per heavy atom. The molecule has 25 heavy (non-hydrogen) atoms. The van der Waals surface area contributed by atoms with Crippen LogP contribution in [0, 0.1) is 13.8 Å². The summed E-state index contributed by atoms with van der Waals surface area (Å²) >= 11 is 7.23. The van der Waals surface area contributed by atoms with Crippen molar-refractivity contribution in [2.75, 3.05) is 4.90 Å². The van der Waals surface area contributed by atoms with Crippen LogP contribution in [-0.4, -0.2) is 0 Å². The average molecular weight is 459 g/mol. The van der Waals surface area contributed by atoms with Crippen molar-refractivity contribution in [3.8, 4) is 0 Å². The first-order chi connectivity index (χ1) is 12.1. The molecule has 0 aliphatic rings. The van der Waals surface area contributed by atoms with Gasteiger partial charge < -0.3 is 4.90 Å². The van der Waals surface area contributed by atoms with Crippen LogP contribution >= 0.6 is 31.9 Å². The first kappa shape index (κ1) is 18.2. The molecular formula is C22H21Br2N.